The summed E-state index contributed by atoms with van der Waals surface area (Å²) in [5.41, 5.74) is 7.07. The SMILES string of the molecule is CNC(Cc1ccnc(N)c1)C1CCC(C(C)C)CC1. The maximum Gasteiger partial charge on any atom is 0.123 e. The summed E-state index contributed by atoms with van der Waals surface area (Å²) in [5, 5.41) is 3.52. The lowest BCUT2D eigenvalue weighted by Gasteiger charge is -2.35. The minimum atomic E-state index is 0.560. The average molecular weight is 275 g/mol. The van der Waals surface area contributed by atoms with Gasteiger partial charge in [-0.3, -0.25) is 0 Å². The van der Waals surface area contributed by atoms with Gasteiger partial charge in [0.2, 0.25) is 0 Å². The molecule has 1 heterocycles. The average Bonchev–Trinajstić information content (AvgIpc) is 2.45. The lowest BCUT2D eigenvalue weighted by Crippen LogP contribution is -2.38. The van der Waals surface area contributed by atoms with Crippen molar-refractivity contribution >= 4 is 5.82 Å². The van der Waals surface area contributed by atoms with Gasteiger partial charge in [0.25, 0.3) is 0 Å². The van der Waals surface area contributed by atoms with Crippen LogP contribution in [0, 0.1) is 17.8 Å². The minimum Gasteiger partial charge on any atom is -0.384 e. The molecule has 1 aromatic rings. The molecule has 3 nitrogen and oxygen atoms in total. The number of pyridine rings is 1. The molecule has 1 aliphatic carbocycles. The van der Waals surface area contributed by atoms with Crippen LogP contribution in [0.1, 0.15) is 45.1 Å². The Morgan fingerprint density at radius 1 is 1.25 bits per heavy atom. The molecule has 1 saturated carbocycles. The summed E-state index contributed by atoms with van der Waals surface area (Å²) in [7, 11) is 2.09. The van der Waals surface area contributed by atoms with Crippen LogP contribution in [0.5, 0.6) is 0 Å². The third-order valence-electron chi connectivity index (χ3n) is 5.00. The van der Waals surface area contributed by atoms with Crippen molar-refractivity contribution in [2.24, 2.45) is 17.8 Å². The van der Waals surface area contributed by atoms with Gasteiger partial charge in [0.15, 0.2) is 0 Å². The molecule has 0 amide bonds. The lowest BCUT2D eigenvalue weighted by atomic mass is 9.73. The zero-order chi connectivity index (χ0) is 14.5. The smallest absolute Gasteiger partial charge is 0.123 e. The van der Waals surface area contributed by atoms with Gasteiger partial charge >= 0.3 is 0 Å². The van der Waals surface area contributed by atoms with Crippen molar-refractivity contribution < 1.29 is 0 Å². The van der Waals surface area contributed by atoms with E-state index in [2.05, 4.69) is 37.3 Å². The van der Waals surface area contributed by atoms with Crippen molar-refractivity contribution in [3.05, 3.63) is 23.9 Å². The highest BCUT2D eigenvalue weighted by atomic mass is 14.9. The van der Waals surface area contributed by atoms with Crippen LogP contribution in [0.15, 0.2) is 18.3 Å². The predicted octanol–water partition coefficient (Wildman–Crippen LogP) is 3.26. The molecule has 1 unspecified atom stereocenters. The highest BCUT2D eigenvalue weighted by Gasteiger charge is 2.28. The largest absolute Gasteiger partial charge is 0.384 e. The van der Waals surface area contributed by atoms with Gasteiger partial charge in [0.1, 0.15) is 5.82 Å². The number of hydrogen-bond acceptors (Lipinski definition) is 3. The Morgan fingerprint density at radius 2 is 1.90 bits per heavy atom. The number of nitrogens with two attached hydrogens (primary N) is 1. The summed E-state index contributed by atoms with van der Waals surface area (Å²) in [4.78, 5) is 4.07. The van der Waals surface area contributed by atoms with Crippen molar-refractivity contribution in [3.8, 4) is 0 Å². The number of nitrogens with zero attached hydrogens (tertiary/aromatic N) is 1. The Morgan fingerprint density at radius 3 is 2.45 bits per heavy atom. The molecule has 112 valence electrons. The van der Waals surface area contributed by atoms with Gasteiger partial charge in [-0.2, -0.15) is 0 Å². The van der Waals surface area contributed by atoms with E-state index in [1.165, 1.54) is 31.2 Å². The second-order valence-corrected chi connectivity index (χ2v) is 6.61. The molecule has 1 aromatic heterocycles. The highest BCUT2D eigenvalue weighted by molar-refractivity contribution is 5.32. The number of aromatic nitrogens is 1. The Kier molecular flexibility index (Phi) is 5.41. The number of anilines is 1. The maximum atomic E-state index is 5.77. The van der Waals surface area contributed by atoms with Crippen molar-refractivity contribution in [3.63, 3.8) is 0 Å². The molecule has 0 radical (unpaired) electrons. The summed E-state index contributed by atoms with van der Waals surface area (Å²) < 4.78 is 0. The van der Waals surface area contributed by atoms with E-state index in [9.17, 15) is 0 Å². The number of hydrogen-bond donors (Lipinski definition) is 2. The molecule has 0 aliphatic heterocycles. The molecule has 1 fully saturated rings. The van der Waals surface area contributed by atoms with Crippen LogP contribution in [0.2, 0.25) is 0 Å². The van der Waals surface area contributed by atoms with Crippen LogP contribution in [-0.2, 0) is 6.42 Å². The van der Waals surface area contributed by atoms with E-state index in [0.29, 0.717) is 11.9 Å². The summed E-state index contributed by atoms with van der Waals surface area (Å²) in [6.45, 7) is 4.72. The first kappa shape index (κ1) is 15.3. The molecule has 0 spiro atoms. The van der Waals surface area contributed by atoms with Gasteiger partial charge in [0.05, 0.1) is 0 Å². The minimum absolute atomic E-state index is 0.560. The third-order valence-corrected chi connectivity index (χ3v) is 5.00. The highest BCUT2D eigenvalue weighted by Crippen LogP contribution is 2.35. The van der Waals surface area contributed by atoms with Crippen LogP contribution in [-0.4, -0.2) is 18.1 Å². The quantitative estimate of drug-likeness (QED) is 0.867. The second kappa shape index (κ2) is 7.07. The zero-order valence-corrected chi connectivity index (χ0v) is 13.1. The molecular weight excluding hydrogens is 246 g/mol. The van der Waals surface area contributed by atoms with E-state index >= 15 is 0 Å². The Balaban J connectivity index is 1.92. The molecule has 1 atom stereocenters. The summed E-state index contributed by atoms with van der Waals surface area (Å²) in [6.07, 6.45) is 8.36. The van der Waals surface area contributed by atoms with E-state index in [4.69, 9.17) is 5.73 Å². The molecule has 0 saturated heterocycles. The van der Waals surface area contributed by atoms with E-state index in [1.54, 1.807) is 0 Å². The standard InChI is InChI=1S/C17H29N3/c1-12(2)14-4-6-15(7-5-14)16(19-3)10-13-8-9-20-17(18)11-13/h8-9,11-12,14-16,19H,4-7,10H2,1-3H3,(H2,18,20). The summed E-state index contributed by atoms with van der Waals surface area (Å²) >= 11 is 0. The van der Waals surface area contributed by atoms with Crippen molar-refractivity contribution in [2.75, 3.05) is 12.8 Å². The Labute approximate surface area is 123 Å². The van der Waals surface area contributed by atoms with Gasteiger partial charge in [-0.1, -0.05) is 13.8 Å². The number of nitrogen functional groups attached to an aromatic ring is 1. The van der Waals surface area contributed by atoms with E-state index in [0.717, 1.165) is 24.2 Å². The fraction of sp³-hybridized carbons (Fsp3) is 0.706. The molecule has 20 heavy (non-hydrogen) atoms. The maximum absolute atomic E-state index is 5.77. The topological polar surface area (TPSA) is 50.9 Å². The van der Waals surface area contributed by atoms with E-state index in [1.807, 2.05) is 12.3 Å². The molecule has 0 bridgehead atoms. The van der Waals surface area contributed by atoms with Gasteiger partial charge in [-0.25, -0.2) is 4.98 Å². The number of likely N-dealkylation sites (N-methyl/N-ethyl adjacent to an activating group) is 1. The van der Waals surface area contributed by atoms with Crippen LogP contribution >= 0.6 is 0 Å². The first-order valence-electron chi connectivity index (χ1n) is 7.97. The number of nitrogens with one attached hydrogen (secondary N) is 1. The molecule has 3 heteroatoms. The van der Waals surface area contributed by atoms with Crippen LogP contribution in [0.25, 0.3) is 0 Å². The predicted molar refractivity (Wildman–Crippen MR) is 85.5 cm³/mol. The van der Waals surface area contributed by atoms with Crippen LogP contribution in [0.4, 0.5) is 5.82 Å². The Bertz CT molecular complexity index is 408. The molecule has 1 aliphatic rings. The van der Waals surface area contributed by atoms with Crippen LogP contribution in [0.3, 0.4) is 0 Å². The first-order chi connectivity index (χ1) is 9.60. The van der Waals surface area contributed by atoms with E-state index in [-0.39, 0.29) is 0 Å². The van der Waals surface area contributed by atoms with Crippen LogP contribution < -0.4 is 11.1 Å². The first-order valence-corrected chi connectivity index (χ1v) is 7.97. The Hall–Kier alpha value is -1.09. The van der Waals surface area contributed by atoms with Gasteiger partial charge < -0.3 is 11.1 Å². The molecule has 0 aromatic carbocycles. The summed E-state index contributed by atoms with van der Waals surface area (Å²) in [5.74, 6) is 3.19. The second-order valence-electron chi connectivity index (χ2n) is 6.61. The van der Waals surface area contributed by atoms with Gasteiger partial charge in [-0.05, 0) is 74.6 Å². The summed E-state index contributed by atoms with van der Waals surface area (Å²) in [6, 6.07) is 4.65. The monoisotopic (exact) mass is 275 g/mol. The van der Waals surface area contributed by atoms with Gasteiger partial charge in [-0.15, -0.1) is 0 Å². The fourth-order valence-electron chi connectivity index (χ4n) is 3.59. The van der Waals surface area contributed by atoms with Crippen molar-refractivity contribution in [1.82, 2.24) is 10.3 Å². The van der Waals surface area contributed by atoms with Crippen molar-refractivity contribution in [2.45, 2.75) is 52.0 Å². The van der Waals surface area contributed by atoms with Gasteiger partial charge in [0, 0.05) is 12.2 Å². The zero-order valence-electron chi connectivity index (χ0n) is 13.1. The lowest BCUT2D eigenvalue weighted by molar-refractivity contribution is 0.191. The fourth-order valence-corrected chi connectivity index (χ4v) is 3.59. The molecule has 2 rings (SSSR count). The normalized spacial score (nSPS) is 24.8. The number of rotatable bonds is 5. The van der Waals surface area contributed by atoms with Crippen molar-refractivity contribution in [1.29, 1.82) is 0 Å². The van der Waals surface area contributed by atoms with E-state index < -0.39 is 0 Å². The molecular formula is C17H29N3. The third kappa shape index (κ3) is 3.95. The molecule has 3 N–H and O–H groups in total.